The Labute approximate surface area is 81.1 Å². The lowest BCUT2D eigenvalue weighted by atomic mass is 10.2. The minimum atomic E-state index is -0.702. The summed E-state index contributed by atoms with van der Waals surface area (Å²) in [5, 5.41) is 0. The lowest BCUT2D eigenvalue weighted by molar-refractivity contribution is 0.0996. The number of carbonyl (C=O) groups is 1. The van der Waals surface area contributed by atoms with E-state index in [1.165, 1.54) is 25.3 Å². The van der Waals surface area contributed by atoms with Gasteiger partial charge in [0.05, 0.1) is 12.7 Å². The van der Waals surface area contributed by atoms with E-state index in [9.17, 15) is 9.18 Å². The molecule has 0 aliphatic carbocycles. The van der Waals surface area contributed by atoms with Crippen LogP contribution in [0.1, 0.15) is 10.4 Å². The van der Waals surface area contributed by atoms with Gasteiger partial charge in [-0.3, -0.25) is 4.79 Å². The number of para-hydroxylation sites is 1. The van der Waals surface area contributed by atoms with Gasteiger partial charge in [0.15, 0.2) is 11.6 Å². The molecule has 0 spiro atoms. The number of amides is 1. The van der Waals surface area contributed by atoms with Crippen LogP contribution >= 0.6 is 12.4 Å². The standard InChI is InChI=1S/C8H8FNO2.ClH/c1-12-7-5(8(10)11)3-2-4-6(7)9;/h2-4H,1H3,(H2,10,11);1H. The Hall–Kier alpha value is -1.29. The van der Waals surface area contributed by atoms with Crippen LogP contribution in [0.4, 0.5) is 4.39 Å². The van der Waals surface area contributed by atoms with Crippen molar-refractivity contribution >= 4 is 18.3 Å². The molecule has 0 aliphatic heterocycles. The molecule has 0 fully saturated rings. The molecule has 1 rings (SSSR count). The Morgan fingerprint density at radius 1 is 1.54 bits per heavy atom. The van der Waals surface area contributed by atoms with Crippen LogP contribution < -0.4 is 10.5 Å². The summed E-state index contributed by atoms with van der Waals surface area (Å²) in [4.78, 5) is 10.7. The molecular weight excluding hydrogens is 197 g/mol. The van der Waals surface area contributed by atoms with Gasteiger partial charge in [-0.05, 0) is 12.1 Å². The Balaban J connectivity index is 0.00000144. The molecular formula is C8H9ClFNO2. The van der Waals surface area contributed by atoms with Crippen molar-refractivity contribution in [3.05, 3.63) is 29.6 Å². The molecule has 0 radical (unpaired) electrons. The quantitative estimate of drug-likeness (QED) is 0.793. The molecule has 3 nitrogen and oxygen atoms in total. The molecule has 0 aliphatic rings. The topological polar surface area (TPSA) is 52.3 Å². The lowest BCUT2D eigenvalue weighted by Crippen LogP contribution is -2.12. The van der Waals surface area contributed by atoms with Gasteiger partial charge in [0, 0.05) is 0 Å². The second kappa shape index (κ2) is 4.67. The van der Waals surface area contributed by atoms with Crippen molar-refractivity contribution in [2.24, 2.45) is 5.73 Å². The smallest absolute Gasteiger partial charge is 0.252 e. The van der Waals surface area contributed by atoms with Crippen molar-refractivity contribution in [3.63, 3.8) is 0 Å². The van der Waals surface area contributed by atoms with Crippen molar-refractivity contribution in [3.8, 4) is 5.75 Å². The third-order valence-electron chi connectivity index (χ3n) is 1.44. The highest BCUT2D eigenvalue weighted by atomic mass is 35.5. The van der Waals surface area contributed by atoms with Crippen molar-refractivity contribution in [1.29, 1.82) is 0 Å². The largest absolute Gasteiger partial charge is 0.493 e. The number of primary amides is 1. The number of rotatable bonds is 2. The van der Waals surface area contributed by atoms with E-state index in [0.717, 1.165) is 0 Å². The second-order valence-electron chi connectivity index (χ2n) is 2.18. The highest BCUT2D eigenvalue weighted by Gasteiger charge is 2.11. The van der Waals surface area contributed by atoms with Gasteiger partial charge in [0.2, 0.25) is 0 Å². The first-order chi connectivity index (χ1) is 5.66. The van der Waals surface area contributed by atoms with E-state index >= 15 is 0 Å². The SMILES string of the molecule is COc1c(F)cccc1C(N)=O.Cl. The van der Waals surface area contributed by atoms with E-state index in [1.807, 2.05) is 0 Å². The zero-order chi connectivity index (χ0) is 9.14. The highest BCUT2D eigenvalue weighted by molar-refractivity contribution is 5.95. The highest BCUT2D eigenvalue weighted by Crippen LogP contribution is 2.21. The van der Waals surface area contributed by atoms with E-state index < -0.39 is 11.7 Å². The zero-order valence-corrected chi connectivity index (χ0v) is 7.73. The first kappa shape index (κ1) is 11.7. The fourth-order valence-electron chi connectivity index (χ4n) is 0.910. The molecule has 2 N–H and O–H groups in total. The Bertz CT molecular complexity index is 317. The van der Waals surface area contributed by atoms with E-state index in [-0.39, 0.29) is 23.7 Å². The molecule has 0 unspecified atom stereocenters. The Morgan fingerprint density at radius 3 is 2.54 bits per heavy atom. The van der Waals surface area contributed by atoms with Crippen LogP contribution in [0, 0.1) is 5.82 Å². The summed E-state index contributed by atoms with van der Waals surface area (Å²) in [7, 11) is 1.28. The third kappa shape index (κ3) is 2.32. The van der Waals surface area contributed by atoms with Crippen LogP contribution in [0.15, 0.2) is 18.2 Å². The number of halogens is 2. The van der Waals surface area contributed by atoms with Crippen LogP contribution in [0.3, 0.4) is 0 Å². The number of benzene rings is 1. The summed E-state index contributed by atoms with van der Waals surface area (Å²) >= 11 is 0. The summed E-state index contributed by atoms with van der Waals surface area (Å²) in [6, 6.07) is 4.01. The fraction of sp³-hybridized carbons (Fsp3) is 0.125. The Kier molecular flexibility index (Phi) is 4.20. The monoisotopic (exact) mass is 205 g/mol. The molecule has 1 aromatic rings. The van der Waals surface area contributed by atoms with E-state index in [2.05, 4.69) is 4.74 Å². The maximum absolute atomic E-state index is 12.9. The first-order valence-corrected chi connectivity index (χ1v) is 3.29. The first-order valence-electron chi connectivity index (χ1n) is 3.29. The average Bonchev–Trinajstić information content (AvgIpc) is 2.03. The number of hydrogen-bond donors (Lipinski definition) is 1. The molecule has 1 amide bonds. The summed E-state index contributed by atoms with van der Waals surface area (Å²) < 4.78 is 17.5. The van der Waals surface area contributed by atoms with Crippen LogP contribution in [0.25, 0.3) is 0 Å². The van der Waals surface area contributed by atoms with E-state index in [0.29, 0.717) is 0 Å². The average molecular weight is 206 g/mol. The van der Waals surface area contributed by atoms with Gasteiger partial charge in [-0.25, -0.2) is 4.39 Å². The molecule has 0 aromatic heterocycles. The van der Waals surface area contributed by atoms with Crippen molar-refractivity contribution in [1.82, 2.24) is 0 Å². The molecule has 0 heterocycles. The van der Waals surface area contributed by atoms with Gasteiger partial charge in [0.25, 0.3) is 5.91 Å². The number of carbonyl (C=O) groups excluding carboxylic acids is 1. The summed E-state index contributed by atoms with van der Waals surface area (Å²) in [6.07, 6.45) is 0. The normalized spacial score (nSPS) is 8.77. The zero-order valence-electron chi connectivity index (χ0n) is 6.91. The number of hydrogen-bond acceptors (Lipinski definition) is 2. The van der Waals surface area contributed by atoms with Gasteiger partial charge >= 0.3 is 0 Å². The molecule has 72 valence electrons. The second-order valence-corrected chi connectivity index (χ2v) is 2.18. The molecule has 0 atom stereocenters. The predicted molar refractivity (Wildman–Crippen MR) is 48.7 cm³/mol. The van der Waals surface area contributed by atoms with E-state index in [4.69, 9.17) is 5.73 Å². The number of ether oxygens (including phenoxy) is 1. The van der Waals surface area contributed by atoms with Gasteiger partial charge < -0.3 is 10.5 Å². The summed E-state index contributed by atoms with van der Waals surface area (Å²) in [5.74, 6) is -1.40. The Morgan fingerprint density at radius 2 is 2.15 bits per heavy atom. The lowest BCUT2D eigenvalue weighted by Gasteiger charge is -2.04. The van der Waals surface area contributed by atoms with Gasteiger partial charge in [-0.2, -0.15) is 0 Å². The molecule has 0 saturated carbocycles. The molecule has 1 aromatic carbocycles. The van der Waals surface area contributed by atoms with Crippen LogP contribution in [-0.4, -0.2) is 13.0 Å². The van der Waals surface area contributed by atoms with Gasteiger partial charge in [-0.15, -0.1) is 12.4 Å². The maximum Gasteiger partial charge on any atom is 0.252 e. The maximum atomic E-state index is 12.9. The number of nitrogens with two attached hydrogens (primary N) is 1. The molecule has 0 saturated heterocycles. The third-order valence-corrected chi connectivity index (χ3v) is 1.44. The van der Waals surface area contributed by atoms with Crippen LogP contribution in [-0.2, 0) is 0 Å². The van der Waals surface area contributed by atoms with Crippen molar-refractivity contribution in [2.75, 3.05) is 7.11 Å². The molecule has 5 heteroatoms. The summed E-state index contributed by atoms with van der Waals surface area (Å²) in [6.45, 7) is 0. The van der Waals surface area contributed by atoms with Gasteiger partial charge in [0.1, 0.15) is 0 Å². The van der Waals surface area contributed by atoms with E-state index in [1.54, 1.807) is 0 Å². The van der Waals surface area contributed by atoms with Crippen molar-refractivity contribution < 1.29 is 13.9 Å². The molecule has 0 bridgehead atoms. The minimum absolute atomic E-state index is 0. The molecule has 13 heavy (non-hydrogen) atoms. The van der Waals surface area contributed by atoms with Crippen LogP contribution in [0.2, 0.25) is 0 Å². The summed E-state index contributed by atoms with van der Waals surface area (Å²) in [5.41, 5.74) is 5.03. The predicted octanol–water partition coefficient (Wildman–Crippen LogP) is 1.35. The number of methoxy groups -OCH3 is 1. The van der Waals surface area contributed by atoms with Crippen molar-refractivity contribution in [2.45, 2.75) is 0 Å². The van der Waals surface area contributed by atoms with Crippen LogP contribution in [0.5, 0.6) is 5.75 Å². The minimum Gasteiger partial charge on any atom is -0.493 e. The van der Waals surface area contributed by atoms with Gasteiger partial charge in [-0.1, -0.05) is 6.07 Å². The fourth-order valence-corrected chi connectivity index (χ4v) is 0.910.